The maximum absolute atomic E-state index is 11.7. The van der Waals surface area contributed by atoms with Gasteiger partial charge in [-0.2, -0.15) is 0 Å². The van der Waals surface area contributed by atoms with Crippen LogP contribution in [-0.4, -0.2) is 41.2 Å². The number of aryl methyl sites for hydroxylation is 2. The van der Waals surface area contributed by atoms with Gasteiger partial charge in [0.05, 0.1) is 0 Å². The van der Waals surface area contributed by atoms with Gasteiger partial charge >= 0.3 is 0 Å². The fraction of sp³-hybridized carbons (Fsp3) is 0.556. The topological polar surface area (TPSA) is 40.6 Å². The van der Waals surface area contributed by atoms with Crippen LogP contribution in [0, 0.1) is 13.8 Å². The van der Waals surface area contributed by atoms with E-state index in [2.05, 4.69) is 36.9 Å². The molecule has 4 heteroatoms. The monoisotopic (exact) mass is 300 g/mol. The summed E-state index contributed by atoms with van der Waals surface area (Å²) in [5, 5.41) is 0. The van der Waals surface area contributed by atoms with Crippen LogP contribution in [0.5, 0.6) is 0 Å². The predicted octanol–water partition coefficient (Wildman–Crippen LogP) is 2.59. The Bertz CT molecular complexity index is 581. The molecule has 4 nitrogen and oxygen atoms in total. The van der Waals surface area contributed by atoms with Gasteiger partial charge in [-0.25, -0.2) is 0 Å². The van der Waals surface area contributed by atoms with Gasteiger partial charge in [-0.15, -0.1) is 0 Å². The average Bonchev–Trinajstić information content (AvgIpc) is 3.07. The highest BCUT2D eigenvalue weighted by Crippen LogP contribution is 2.34. The first kappa shape index (κ1) is 15.2. The lowest BCUT2D eigenvalue weighted by Crippen LogP contribution is -2.37. The lowest BCUT2D eigenvalue weighted by atomic mass is 9.97. The molecule has 0 bridgehead atoms. The fourth-order valence-corrected chi connectivity index (χ4v) is 3.67. The Morgan fingerprint density at radius 1 is 1.09 bits per heavy atom. The SMILES string of the molecule is Cc1ccc(C)c([C@@H]2CCCN2CCN2C(=O)CCC2=O)c1. The Morgan fingerprint density at radius 3 is 2.55 bits per heavy atom. The highest BCUT2D eigenvalue weighted by atomic mass is 16.2. The molecule has 3 rings (SSSR count). The minimum Gasteiger partial charge on any atom is -0.295 e. The summed E-state index contributed by atoms with van der Waals surface area (Å²) in [6.07, 6.45) is 3.12. The molecule has 2 aliphatic rings. The molecule has 0 aromatic heterocycles. The van der Waals surface area contributed by atoms with Crippen molar-refractivity contribution in [2.24, 2.45) is 0 Å². The molecular formula is C18H24N2O2. The summed E-state index contributed by atoms with van der Waals surface area (Å²) in [5.41, 5.74) is 4.02. The van der Waals surface area contributed by atoms with E-state index in [1.807, 2.05) is 0 Å². The molecular weight excluding hydrogens is 276 g/mol. The molecule has 2 amide bonds. The van der Waals surface area contributed by atoms with Crippen LogP contribution in [0.2, 0.25) is 0 Å². The van der Waals surface area contributed by atoms with Crippen LogP contribution in [0.4, 0.5) is 0 Å². The zero-order valence-electron chi connectivity index (χ0n) is 13.5. The van der Waals surface area contributed by atoms with Gasteiger partial charge in [-0.1, -0.05) is 23.8 Å². The fourth-order valence-electron chi connectivity index (χ4n) is 3.67. The summed E-state index contributed by atoms with van der Waals surface area (Å²) >= 11 is 0. The summed E-state index contributed by atoms with van der Waals surface area (Å²) in [6, 6.07) is 7.05. The van der Waals surface area contributed by atoms with Crippen LogP contribution in [0.15, 0.2) is 18.2 Å². The van der Waals surface area contributed by atoms with Gasteiger partial charge in [0.2, 0.25) is 11.8 Å². The summed E-state index contributed by atoms with van der Waals surface area (Å²) in [7, 11) is 0. The van der Waals surface area contributed by atoms with E-state index >= 15 is 0 Å². The van der Waals surface area contributed by atoms with Crippen molar-refractivity contribution in [1.29, 1.82) is 0 Å². The molecule has 0 unspecified atom stereocenters. The zero-order chi connectivity index (χ0) is 15.7. The number of amides is 2. The predicted molar refractivity (Wildman–Crippen MR) is 85.4 cm³/mol. The van der Waals surface area contributed by atoms with Crippen molar-refractivity contribution in [2.45, 2.75) is 45.6 Å². The number of nitrogens with zero attached hydrogens (tertiary/aromatic N) is 2. The second kappa shape index (κ2) is 6.21. The van der Waals surface area contributed by atoms with Crippen LogP contribution in [-0.2, 0) is 9.59 Å². The summed E-state index contributed by atoms with van der Waals surface area (Å²) in [6.45, 7) is 6.67. The zero-order valence-corrected chi connectivity index (χ0v) is 13.5. The van der Waals surface area contributed by atoms with E-state index in [9.17, 15) is 9.59 Å². The van der Waals surface area contributed by atoms with E-state index in [-0.39, 0.29) is 11.8 Å². The van der Waals surface area contributed by atoms with Crippen LogP contribution in [0.3, 0.4) is 0 Å². The first-order chi connectivity index (χ1) is 10.6. The molecule has 0 radical (unpaired) electrons. The summed E-state index contributed by atoms with van der Waals surface area (Å²) in [5.74, 6) is -0.0139. The lowest BCUT2D eigenvalue weighted by molar-refractivity contribution is -0.138. The average molecular weight is 300 g/mol. The number of benzene rings is 1. The quantitative estimate of drug-likeness (QED) is 0.803. The van der Waals surface area contributed by atoms with Gasteiger partial charge in [-0.05, 0) is 44.4 Å². The molecule has 1 aromatic rings. The third-order valence-corrected chi connectivity index (χ3v) is 4.92. The van der Waals surface area contributed by atoms with Crippen LogP contribution in [0.1, 0.15) is 48.4 Å². The molecule has 22 heavy (non-hydrogen) atoms. The number of carbonyl (C=O) groups is 2. The molecule has 0 spiro atoms. The van der Waals surface area contributed by atoms with E-state index in [1.54, 1.807) is 0 Å². The number of imide groups is 1. The Morgan fingerprint density at radius 2 is 1.82 bits per heavy atom. The molecule has 0 saturated carbocycles. The molecule has 118 valence electrons. The molecule has 1 aromatic carbocycles. The number of carbonyl (C=O) groups excluding carboxylic acids is 2. The van der Waals surface area contributed by atoms with E-state index in [4.69, 9.17) is 0 Å². The van der Waals surface area contributed by atoms with Crippen LogP contribution in [0.25, 0.3) is 0 Å². The molecule has 2 aliphatic heterocycles. The molecule has 1 atom stereocenters. The van der Waals surface area contributed by atoms with Crippen molar-refractivity contribution in [3.05, 3.63) is 34.9 Å². The highest BCUT2D eigenvalue weighted by Gasteiger charge is 2.31. The molecule has 0 aliphatic carbocycles. The van der Waals surface area contributed by atoms with E-state index in [0.717, 1.165) is 19.5 Å². The number of hydrogen-bond donors (Lipinski definition) is 0. The van der Waals surface area contributed by atoms with Gasteiger partial charge < -0.3 is 0 Å². The number of likely N-dealkylation sites (tertiary alicyclic amines) is 2. The standard InChI is InChI=1S/C18H24N2O2/c1-13-5-6-14(2)15(12-13)16-4-3-9-19(16)10-11-20-17(21)7-8-18(20)22/h5-6,12,16H,3-4,7-11H2,1-2H3/t16-/m0/s1. The van der Waals surface area contributed by atoms with Crippen molar-refractivity contribution in [3.63, 3.8) is 0 Å². The highest BCUT2D eigenvalue weighted by molar-refractivity contribution is 6.01. The van der Waals surface area contributed by atoms with E-state index in [0.29, 0.717) is 25.4 Å². The lowest BCUT2D eigenvalue weighted by Gasteiger charge is -2.28. The maximum atomic E-state index is 11.7. The van der Waals surface area contributed by atoms with Crippen molar-refractivity contribution < 1.29 is 9.59 Å². The Kier molecular flexibility index (Phi) is 4.30. The van der Waals surface area contributed by atoms with Gasteiger partial charge in [0.1, 0.15) is 0 Å². The Balaban J connectivity index is 1.69. The minimum atomic E-state index is -0.00696. The van der Waals surface area contributed by atoms with Crippen LogP contribution >= 0.6 is 0 Å². The van der Waals surface area contributed by atoms with Crippen molar-refractivity contribution in [1.82, 2.24) is 9.80 Å². The minimum absolute atomic E-state index is 0.00696. The van der Waals surface area contributed by atoms with E-state index < -0.39 is 0 Å². The Labute approximate surface area is 132 Å². The maximum Gasteiger partial charge on any atom is 0.229 e. The van der Waals surface area contributed by atoms with Crippen molar-refractivity contribution >= 4 is 11.8 Å². The Hall–Kier alpha value is -1.68. The molecule has 2 heterocycles. The first-order valence-corrected chi connectivity index (χ1v) is 8.20. The smallest absolute Gasteiger partial charge is 0.229 e. The van der Waals surface area contributed by atoms with Crippen molar-refractivity contribution in [2.75, 3.05) is 19.6 Å². The second-order valence-electron chi connectivity index (χ2n) is 6.49. The van der Waals surface area contributed by atoms with E-state index in [1.165, 1.54) is 28.0 Å². The molecule has 0 N–H and O–H groups in total. The third-order valence-electron chi connectivity index (χ3n) is 4.92. The van der Waals surface area contributed by atoms with Gasteiger partial charge in [0, 0.05) is 32.0 Å². The first-order valence-electron chi connectivity index (χ1n) is 8.20. The second-order valence-corrected chi connectivity index (χ2v) is 6.49. The van der Waals surface area contributed by atoms with Crippen LogP contribution < -0.4 is 0 Å². The third kappa shape index (κ3) is 2.93. The summed E-state index contributed by atoms with van der Waals surface area (Å²) < 4.78 is 0. The van der Waals surface area contributed by atoms with Gasteiger partial charge in [0.25, 0.3) is 0 Å². The largest absolute Gasteiger partial charge is 0.295 e. The normalized spacial score (nSPS) is 22.8. The molecule has 2 saturated heterocycles. The van der Waals surface area contributed by atoms with Crippen molar-refractivity contribution in [3.8, 4) is 0 Å². The van der Waals surface area contributed by atoms with Gasteiger partial charge in [0.15, 0.2) is 0 Å². The molecule has 2 fully saturated rings. The number of hydrogen-bond acceptors (Lipinski definition) is 3. The van der Waals surface area contributed by atoms with Gasteiger partial charge in [-0.3, -0.25) is 19.4 Å². The number of rotatable bonds is 4. The summed E-state index contributed by atoms with van der Waals surface area (Å²) in [4.78, 5) is 27.3.